The van der Waals surface area contributed by atoms with Gasteiger partial charge in [0.15, 0.2) is 5.82 Å². The van der Waals surface area contributed by atoms with Gasteiger partial charge < -0.3 is 25.0 Å². The molecule has 2 N–H and O–H groups in total. The first-order valence-electron chi connectivity index (χ1n) is 14.9. The minimum atomic E-state index is -3.16. The number of anilines is 3. The number of ether oxygens (including phenoxy) is 1. The second-order valence-electron chi connectivity index (χ2n) is 11.7. The number of benzene rings is 2. The second-order valence-corrected chi connectivity index (χ2v) is 11.7. The van der Waals surface area contributed by atoms with E-state index in [0.717, 1.165) is 18.2 Å². The summed E-state index contributed by atoms with van der Waals surface area (Å²) in [7, 11) is 1.95. The molecule has 0 saturated carbocycles. The Hall–Kier alpha value is -4.37. The Labute approximate surface area is 269 Å². The third-order valence-electron chi connectivity index (χ3n) is 8.26. The Morgan fingerprint density at radius 1 is 0.979 bits per heavy atom. The molecule has 5 rings (SSSR count). The fourth-order valence-electron chi connectivity index (χ4n) is 5.90. The number of carboxylic acid groups (broad SMARTS) is 1. The van der Waals surface area contributed by atoms with E-state index in [1.165, 1.54) is 12.4 Å². The molecule has 10 nitrogen and oxygen atoms in total. The Kier molecular flexibility index (Phi) is 11.3. The van der Waals surface area contributed by atoms with Gasteiger partial charge in [-0.3, -0.25) is 14.5 Å². The van der Waals surface area contributed by atoms with Crippen molar-refractivity contribution in [3.63, 3.8) is 0 Å². The molecule has 3 aromatic rings. The van der Waals surface area contributed by atoms with E-state index >= 15 is 8.78 Å². The quantitative estimate of drug-likeness (QED) is 0.257. The Bertz CT molecular complexity index is 1560. The molecule has 2 saturated heterocycles. The molecular weight excluding hydrogens is 627 g/mol. The molecule has 2 fully saturated rings. The van der Waals surface area contributed by atoms with Crippen LogP contribution in [0.2, 0.25) is 0 Å². The number of amides is 1. The summed E-state index contributed by atoms with van der Waals surface area (Å²) in [6.45, 7) is 9.39. The standard InChI is InChI=1S/C31H35F5N6O2.CH2O2/c1-16-12-41(13-17(2)40(16)5)25-9-24(33)26(20-10-37-31(38-11-20)42-14-18(3)44-19(4)15-42)27(34)28(25)39-30(43)22-7-6-21(32)8-23(22)29(35)36;2-1-3/h6-11,16-19,29H,12-15H2,1-5H3,(H,39,43);1H,(H,2,3)/t16-,17+,18-,19+;. The van der Waals surface area contributed by atoms with E-state index in [1.54, 1.807) is 4.90 Å². The smallest absolute Gasteiger partial charge is 0.290 e. The van der Waals surface area contributed by atoms with Gasteiger partial charge in [-0.25, -0.2) is 31.9 Å². The predicted octanol–water partition coefficient (Wildman–Crippen LogP) is 5.59. The number of alkyl halides is 2. The minimum Gasteiger partial charge on any atom is -0.483 e. The first kappa shape index (κ1) is 35.5. The van der Waals surface area contributed by atoms with Crippen LogP contribution in [-0.4, -0.2) is 89.9 Å². The summed E-state index contributed by atoms with van der Waals surface area (Å²) < 4.78 is 79.2. The summed E-state index contributed by atoms with van der Waals surface area (Å²) >= 11 is 0. The highest BCUT2D eigenvalue weighted by molar-refractivity contribution is 6.07. The number of nitrogens with one attached hydrogen (secondary N) is 1. The maximum atomic E-state index is 16.5. The lowest BCUT2D eigenvalue weighted by molar-refractivity contribution is -0.122. The molecule has 0 bridgehead atoms. The van der Waals surface area contributed by atoms with Crippen molar-refractivity contribution in [3.8, 4) is 11.1 Å². The number of nitrogens with zero attached hydrogens (tertiary/aromatic N) is 5. The maximum absolute atomic E-state index is 16.5. The van der Waals surface area contributed by atoms with Crippen molar-refractivity contribution in [2.75, 3.05) is 48.3 Å². The summed E-state index contributed by atoms with van der Waals surface area (Å²) in [5, 5.41) is 9.29. The average molecular weight is 665 g/mol. The van der Waals surface area contributed by atoms with E-state index < -0.39 is 46.5 Å². The number of aromatic nitrogens is 2. The van der Waals surface area contributed by atoms with Crippen LogP contribution in [0.15, 0.2) is 36.7 Å². The normalized spacial score (nSPS) is 21.7. The van der Waals surface area contributed by atoms with Crippen molar-refractivity contribution >= 4 is 29.7 Å². The number of carbonyl (C=O) groups excluding carboxylic acids is 1. The molecular formula is C32H37F5N6O4. The number of carbonyl (C=O) groups is 2. The first-order chi connectivity index (χ1) is 22.2. The molecule has 0 spiro atoms. The monoisotopic (exact) mass is 664 g/mol. The first-order valence-corrected chi connectivity index (χ1v) is 14.9. The lowest BCUT2D eigenvalue weighted by Gasteiger charge is -2.44. The lowest BCUT2D eigenvalue weighted by Crippen LogP contribution is -2.55. The van der Waals surface area contributed by atoms with Crippen LogP contribution in [0.4, 0.5) is 39.3 Å². The van der Waals surface area contributed by atoms with Crippen molar-refractivity contribution in [1.82, 2.24) is 14.9 Å². The van der Waals surface area contributed by atoms with Gasteiger partial charge in [-0.05, 0) is 52.9 Å². The number of likely N-dealkylation sites (N-methyl/N-ethyl adjacent to an activating group) is 1. The molecule has 15 heteroatoms. The topological polar surface area (TPSA) is 111 Å². The number of hydrogen-bond donors (Lipinski definition) is 2. The molecule has 4 atom stereocenters. The predicted molar refractivity (Wildman–Crippen MR) is 167 cm³/mol. The molecule has 1 aromatic heterocycles. The minimum absolute atomic E-state index is 0.00204. The highest BCUT2D eigenvalue weighted by Crippen LogP contribution is 2.40. The molecule has 2 aliphatic heterocycles. The van der Waals surface area contributed by atoms with Crippen LogP contribution in [0.5, 0.6) is 0 Å². The summed E-state index contributed by atoms with van der Waals surface area (Å²) in [5.41, 5.74) is -2.17. The third-order valence-corrected chi connectivity index (χ3v) is 8.26. The molecule has 1 amide bonds. The fraction of sp³-hybridized carbons (Fsp3) is 0.438. The summed E-state index contributed by atoms with van der Waals surface area (Å²) in [5.74, 6) is -3.68. The third kappa shape index (κ3) is 7.96. The number of hydrogen-bond acceptors (Lipinski definition) is 8. The van der Waals surface area contributed by atoms with E-state index in [9.17, 15) is 18.0 Å². The average Bonchev–Trinajstić information content (AvgIpc) is 3.01. The highest BCUT2D eigenvalue weighted by atomic mass is 19.3. The molecule has 0 radical (unpaired) electrons. The van der Waals surface area contributed by atoms with Crippen LogP contribution in [0.1, 0.15) is 50.0 Å². The van der Waals surface area contributed by atoms with Crippen LogP contribution in [0.3, 0.4) is 0 Å². The molecule has 0 aliphatic carbocycles. The van der Waals surface area contributed by atoms with Gasteiger partial charge in [-0.1, -0.05) is 0 Å². The number of piperazine rings is 1. The zero-order chi connectivity index (χ0) is 34.6. The van der Waals surface area contributed by atoms with Crippen LogP contribution >= 0.6 is 0 Å². The number of morpholine rings is 1. The van der Waals surface area contributed by atoms with Crippen LogP contribution in [-0.2, 0) is 9.53 Å². The van der Waals surface area contributed by atoms with E-state index in [4.69, 9.17) is 14.6 Å². The van der Waals surface area contributed by atoms with Crippen LogP contribution in [0.25, 0.3) is 11.1 Å². The summed E-state index contributed by atoms with van der Waals surface area (Å²) in [6.07, 6.45) is -0.666. The molecule has 2 aromatic carbocycles. The van der Waals surface area contributed by atoms with Gasteiger partial charge in [0.25, 0.3) is 18.8 Å². The van der Waals surface area contributed by atoms with Gasteiger partial charge in [-0.15, -0.1) is 0 Å². The SMILES string of the molecule is C[C@@H]1CN(c2ncc(-c3c(F)cc(N4C[C@@H](C)N(C)[C@@H](C)C4)c(NC(=O)c4ccc(F)cc4C(F)F)c3F)cn2)C[C@H](C)O1.O=CO. The van der Waals surface area contributed by atoms with E-state index in [-0.39, 0.29) is 47.7 Å². The number of halogens is 5. The van der Waals surface area contributed by atoms with Gasteiger partial charge in [-0.2, -0.15) is 0 Å². The molecule has 3 heterocycles. The number of rotatable bonds is 6. The highest BCUT2D eigenvalue weighted by Gasteiger charge is 2.32. The summed E-state index contributed by atoms with van der Waals surface area (Å²) in [6, 6.07) is 3.47. The van der Waals surface area contributed by atoms with Crippen LogP contribution in [0, 0.1) is 17.5 Å². The Morgan fingerprint density at radius 2 is 1.55 bits per heavy atom. The maximum Gasteiger partial charge on any atom is 0.290 e. The van der Waals surface area contributed by atoms with E-state index in [2.05, 4.69) is 20.2 Å². The second kappa shape index (κ2) is 15.0. The van der Waals surface area contributed by atoms with Crippen molar-refractivity contribution in [1.29, 1.82) is 0 Å². The zero-order valence-electron chi connectivity index (χ0n) is 26.6. The van der Waals surface area contributed by atoms with Crippen LogP contribution < -0.4 is 15.1 Å². The zero-order valence-corrected chi connectivity index (χ0v) is 26.6. The van der Waals surface area contributed by atoms with Gasteiger partial charge in [0.1, 0.15) is 17.3 Å². The largest absolute Gasteiger partial charge is 0.483 e. The van der Waals surface area contributed by atoms with Crippen molar-refractivity contribution in [2.24, 2.45) is 0 Å². The Morgan fingerprint density at radius 3 is 2.11 bits per heavy atom. The van der Waals surface area contributed by atoms with Gasteiger partial charge in [0.2, 0.25) is 5.95 Å². The van der Waals surface area contributed by atoms with Crippen molar-refractivity contribution < 1.29 is 41.4 Å². The Balaban J connectivity index is 0.00000160. The van der Waals surface area contributed by atoms with Crippen molar-refractivity contribution in [2.45, 2.75) is 58.4 Å². The van der Waals surface area contributed by atoms with Gasteiger partial charge >= 0.3 is 0 Å². The molecule has 0 unspecified atom stereocenters. The molecule has 254 valence electrons. The van der Waals surface area contributed by atoms with Gasteiger partial charge in [0.05, 0.1) is 23.5 Å². The fourth-order valence-corrected chi connectivity index (χ4v) is 5.90. The van der Waals surface area contributed by atoms with Gasteiger partial charge in [0, 0.05) is 73.4 Å². The summed E-state index contributed by atoms with van der Waals surface area (Å²) in [4.78, 5) is 36.2. The molecule has 2 aliphatic rings. The van der Waals surface area contributed by atoms with E-state index in [1.807, 2.05) is 39.6 Å². The lowest BCUT2D eigenvalue weighted by atomic mass is 10.0. The van der Waals surface area contributed by atoms with Crippen molar-refractivity contribution in [3.05, 3.63) is 65.2 Å². The van der Waals surface area contributed by atoms with E-state index in [0.29, 0.717) is 38.2 Å². The molecule has 47 heavy (non-hydrogen) atoms.